The van der Waals surface area contributed by atoms with Crippen molar-refractivity contribution in [2.24, 2.45) is 7.05 Å². The average molecular weight is 601 g/mol. The Kier molecular flexibility index (Phi) is 8.26. The molecule has 0 aliphatic carbocycles. The molecule has 1 aliphatic heterocycles. The maximum atomic E-state index is 13.7. The molecule has 1 aromatic heterocycles. The minimum absolute atomic E-state index is 0.359. The predicted molar refractivity (Wildman–Crippen MR) is 181 cm³/mol. The Balaban J connectivity index is 1.55. The second-order valence-electron chi connectivity index (χ2n) is 11.4. The largest absolute Gasteiger partial charge is 0.465 e. The van der Waals surface area contributed by atoms with E-state index in [4.69, 9.17) is 14.2 Å². The van der Waals surface area contributed by atoms with Gasteiger partial charge in [0.05, 0.1) is 12.2 Å². The van der Waals surface area contributed by atoms with Gasteiger partial charge in [0, 0.05) is 65.2 Å². The first kappa shape index (κ1) is 30.2. The number of rotatable bonds is 11. The van der Waals surface area contributed by atoms with Gasteiger partial charge in [-0.05, 0) is 63.1 Å². The Morgan fingerprint density at radius 3 is 2.44 bits per heavy atom. The third-order valence-electron chi connectivity index (χ3n) is 9.04. The SMILES string of the molecule is C=Cc1ccccc1COC(C)Oc1cc(N(CC)CC)ccc1C1(c2c(C)n(C)c3ccccc23)OC(=O)c2ccccc21. The van der Waals surface area contributed by atoms with Crippen molar-refractivity contribution in [1.29, 1.82) is 0 Å². The number of anilines is 1. The number of nitrogens with zero attached hydrogens (tertiary/aromatic N) is 2. The highest BCUT2D eigenvalue weighted by atomic mass is 16.7. The molecule has 0 spiro atoms. The molecular formula is C39H40N2O4. The molecule has 230 valence electrons. The van der Waals surface area contributed by atoms with E-state index >= 15 is 0 Å². The van der Waals surface area contributed by atoms with Gasteiger partial charge < -0.3 is 23.7 Å². The van der Waals surface area contributed by atoms with Gasteiger partial charge in [-0.2, -0.15) is 0 Å². The summed E-state index contributed by atoms with van der Waals surface area (Å²) in [6.07, 6.45) is 1.23. The second-order valence-corrected chi connectivity index (χ2v) is 11.4. The molecule has 2 unspecified atom stereocenters. The molecule has 2 heterocycles. The van der Waals surface area contributed by atoms with Crippen LogP contribution in [0.3, 0.4) is 0 Å². The van der Waals surface area contributed by atoms with E-state index < -0.39 is 11.9 Å². The summed E-state index contributed by atoms with van der Waals surface area (Å²) in [5.41, 5.74) is 6.91. The van der Waals surface area contributed by atoms with Crippen LogP contribution in [0.4, 0.5) is 5.69 Å². The van der Waals surface area contributed by atoms with Gasteiger partial charge in [0.25, 0.3) is 0 Å². The summed E-state index contributed by atoms with van der Waals surface area (Å²) in [5.74, 6) is 0.239. The van der Waals surface area contributed by atoms with Crippen molar-refractivity contribution in [3.63, 3.8) is 0 Å². The Labute approximate surface area is 265 Å². The van der Waals surface area contributed by atoms with Crippen LogP contribution in [0.15, 0.2) is 97.6 Å². The zero-order valence-electron chi connectivity index (χ0n) is 26.7. The topological polar surface area (TPSA) is 52.9 Å². The van der Waals surface area contributed by atoms with E-state index in [2.05, 4.69) is 74.2 Å². The van der Waals surface area contributed by atoms with Gasteiger partial charge in [-0.15, -0.1) is 0 Å². The number of aromatic nitrogens is 1. The summed E-state index contributed by atoms with van der Waals surface area (Å²) in [6.45, 7) is 14.2. The summed E-state index contributed by atoms with van der Waals surface area (Å²) < 4.78 is 21.8. The zero-order valence-corrected chi connectivity index (χ0v) is 26.7. The number of esters is 1. The molecule has 6 heteroatoms. The minimum Gasteiger partial charge on any atom is -0.465 e. The highest BCUT2D eigenvalue weighted by molar-refractivity contribution is 5.99. The fraction of sp³-hybridized carbons (Fsp3) is 0.256. The molecule has 45 heavy (non-hydrogen) atoms. The van der Waals surface area contributed by atoms with Crippen molar-refractivity contribution in [2.75, 3.05) is 18.0 Å². The van der Waals surface area contributed by atoms with E-state index in [-0.39, 0.29) is 5.97 Å². The summed E-state index contributed by atoms with van der Waals surface area (Å²) in [4.78, 5) is 16.0. The number of fused-ring (bicyclic) bond motifs is 2. The standard InChI is InChI=1S/C39H40N2O4/c1-7-28-16-10-11-17-29(28)25-43-27(5)44-36-24-30(41(8-2)9-3)22-23-34(36)39(33-20-14-12-18-31(33)38(42)45-39)37-26(4)40(6)35-21-15-13-19-32(35)37/h7,10-24,27H,1,8-9,25H2,2-6H3. The Bertz CT molecular complexity index is 1890. The number of cyclic esters (lactones) is 1. The molecule has 0 saturated heterocycles. The smallest absolute Gasteiger partial charge is 0.340 e. The summed E-state index contributed by atoms with van der Waals surface area (Å²) in [5, 5.41) is 1.02. The number of benzene rings is 4. The molecule has 0 bridgehead atoms. The normalized spacial score (nSPS) is 16.3. The highest BCUT2D eigenvalue weighted by Gasteiger charge is 2.52. The summed E-state index contributed by atoms with van der Waals surface area (Å²) >= 11 is 0. The van der Waals surface area contributed by atoms with Gasteiger partial charge in [0.2, 0.25) is 0 Å². The van der Waals surface area contributed by atoms with Crippen LogP contribution in [-0.4, -0.2) is 29.9 Å². The Morgan fingerprint density at radius 1 is 0.956 bits per heavy atom. The van der Waals surface area contributed by atoms with Crippen molar-refractivity contribution in [2.45, 2.75) is 46.2 Å². The van der Waals surface area contributed by atoms with Gasteiger partial charge in [0.1, 0.15) is 5.75 Å². The van der Waals surface area contributed by atoms with Gasteiger partial charge in [-0.1, -0.05) is 73.3 Å². The van der Waals surface area contributed by atoms with Crippen LogP contribution in [-0.2, 0) is 28.7 Å². The van der Waals surface area contributed by atoms with E-state index in [0.717, 1.165) is 63.2 Å². The first-order chi connectivity index (χ1) is 21.8. The quantitative estimate of drug-likeness (QED) is 0.113. The molecule has 2 atom stereocenters. The zero-order chi connectivity index (χ0) is 31.7. The third-order valence-corrected chi connectivity index (χ3v) is 9.04. The number of para-hydroxylation sites is 1. The lowest BCUT2D eigenvalue weighted by molar-refractivity contribution is -0.0775. The number of carbonyl (C=O) groups is 1. The number of aryl methyl sites for hydroxylation is 1. The lowest BCUT2D eigenvalue weighted by Gasteiger charge is -2.33. The van der Waals surface area contributed by atoms with Crippen LogP contribution in [0, 0.1) is 6.92 Å². The molecule has 0 radical (unpaired) electrons. The first-order valence-corrected chi connectivity index (χ1v) is 15.6. The van der Waals surface area contributed by atoms with Crippen LogP contribution < -0.4 is 9.64 Å². The average Bonchev–Trinajstić information content (AvgIpc) is 3.50. The summed E-state index contributed by atoms with van der Waals surface area (Å²) in [7, 11) is 2.05. The predicted octanol–water partition coefficient (Wildman–Crippen LogP) is 8.38. The molecule has 1 aliphatic rings. The van der Waals surface area contributed by atoms with Crippen molar-refractivity contribution in [3.8, 4) is 5.75 Å². The number of ether oxygens (including phenoxy) is 3. The first-order valence-electron chi connectivity index (χ1n) is 15.6. The number of hydrogen-bond donors (Lipinski definition) is 0. The highest BCUT2D eigenvalue weighted by Crippen LogP contribution is 2.53. The monoisotopic (exact) mass is 600 g/mol. The lowest BCUT2D eigenvalue weighted by Crippen LogP contribution is -2.32. The van der Waals surface area contributed by atoms with Crippen molar-refractivity contribution in [3.05, 3.63) is 137 Å². The van der Waals surface area contributed by atoms with E-state index in [9.17, 15) is 4.79 Å². The fourth-order valence-corrected chi connectivity index (χ4v) is 6.67. The molecule has 0 fully saturated rings. The molecule has 6 rings (SSSR count). The molecule has 0 amide bonds. The number of carbonyl (C=O) groups excluding carboxylic acids is 1. The maximum Gasteiger partial charge on any atom is 0.340 e. The number of hydrogen-bond acceptors (Lipinski definition) is 5. The van der Waals surface area contributed by atoms with Crippen LogP contribution >= 0.6 is 0 Å². The molecule has 0 N–H and O–H groups in total. The van der Waals surface area contributed by atoms with Gasteiger partial charge in [0.15, 0.2) is 11.9 Å². The van der Waals surface area contributed by atoms with Crippen LogP contribution in [0.25, 0.3) is 17.0 Å². The Hall–Kier alpha value is -4.81. The maximum absolute atomic E-state index is 13.7. The fourth-order valence-electron chi connectivity index (χ4n) is 6.67. The second kappa shape index (κ2) is 12.3. The van der Waals surface area contributed by atoms with Crippen molar-refractivity contribution < 1.29 is 19.0 Å². The molecule has 4 aromatic carbocycles. The third kappa shape index (κ3) is 5.09. The van der Waals surface area contributed by atoms with Crippen LogP contribution in [0.1, 0.15) is 64.6 Å². The molecular weight excluding hydrogens is 560 g/mol. The summed E-state index contributed by atoms with van der Waals surface area (Å²) in [6, 6.07) is 30.2. The van der Waals surface area contributed by atoms with Gasteiger partial charge >= 0.3 is 5.97 Å². The minimum atomic E-state index is -1.25. The van der Waals surface area contributed by atoms with E-state index in [1.807, 2.05) is 73.7 Å². The lowest BCUT2D eigenvalue weighted by atomic mass is 9.78. The van der Waals surface area contributed by atoms with Crippen molar-refractivity contribution >= 4 is 28.6 Å². The molecule has 5 aromatic rings. The molecule has 0 saturated carbocycles. The van der Waals surface area contributed by atoms with Crippen molar-refractivity contribution in [1.82, 2.24) is 4.57 Å². The van der Waals surface area contributed by atoms with E-state index in [0.29, 0.717) is 17.9 Å². The molecule has 6 nitrogen and oxygen atoms in total. The van der Waals surface area contributed by atoms with Crippen LogP contribution in [0.5, 0.6) is 5.75 Å². The van der Waals surface area contributed by atoms with E-state index in [1.165, 1.54) is 0 Å². The van der Waals surface area contributed by atoms with Gasteiger partial charge in [-0.3, -0.25) is 0 Å². The van der Waals surface area contributed by atoms with Crippen LogP contribution in [0.2, 0.25) is 0 Å². The van der Waals surface area contributed by atoms with Gasteiger partial charge in [-0.25, -0.2) is 4.79 Å². The Morgan fingerprint density at radius 2 is 1.67 bits per heavy atom. The van der Waals surface area contributed by atoms with E-state index in [1.54, 1.807) is 0 Å².